The summed E-state index contributed by atoms with van der Waals surface area (Å²) in [7, 11) is 1.59. The Bertz CT molecular complexity index is 1080. The van der Waals surface area contributed by atoms with Crippen molar-refractivity contribution in [3.05, 3.63) is 99.0 Å². The molecule has 3 rings (SSSR count). The highest BCUT2D eigenvalue weighted by Gasteiger charge is 2.15. The van der Waals surface area contributed by atoms with E-state index in [0.29, 0.717) is 27.6 Å². The second kappa shape index (κ2) is 9.54. The molecule has 0 aromatic heterocycles. The van der Waals surface area contributed by atoms with E-state index in [1.165, 1.54) is 6.08 Å². The average molecular weight is 471 g/mol. The third-order valence-electron chi connectivity index (χ3n) is 4.12. The minimum atomic E-state index is -0.360. The summed E-state index contributed by atoms with van der Waals surface area (Å²) in [5, 5.41) is 3.17. The molecule has 0 radical (unpaired) electrons. The lowest BCUT2D eigenvalue weighted by atomic mass is 10.0. The molecule has 0 fully saturated rings. The number of carbonyl (C=O) groups excluding carboxylic acids is 2. The summed E-state index contributed by atoms with van der Waals surface area (Å²) in [6, 6.07) is 19.1. The molecule has 0 heterocycles. The maximum absolute atomic E-state index is 12.8. The van der Waals surface area contributed by atoms with Gasteiger partial charge in [-0.15, -0.1) is 0 Å². The quantitative estimate of drug-likeness (QED) is 0.355. The molecule has 3 aromatic rings. The zero-order valence-electron chi connectivity index (χ0n) is 15.5. The van der Waals surface area contributed by atoms with Crippen LogP contribution in [0.1, 0.15) is 21.5 Å². The molecule has 0 aliphatic rings. The zero-order chi connectivity index (χ0) is 20.8. The number of hydrogen-bond acceptors (Lipinski definition) is 3. The van der Waals surface area contributed by atoms with Crippen molar-refractivity contribution in [2.45, 2.75) is 0 Å². The van der Waals surface area contributed by atoms with Crippen molar-refractivity contribution < 1.29 is 14.3 Å². The first-order valence-corrected chi connectivity index (χ1v) is 9.87. The molecule has 1 N–H and O–H groups in total. The van der Waals surface area contributed by atoms with E-state index in [1.54, 1.807) is 61.7 Å². The number of ether oxygens (including phenoxy) is 1. The van der Waals surface area contributed by atoms with Crippen LogP contribution in [0.25, 0.3) is 6.08 Å². The molecule has 0 aliphatic carbocycles. The highest BCUT2D eigenvalue weighted by molar-refractivity contribution is 9.10. The van der Waals surface area contributed by atoms with E-state index in [0.717, 1.165) is 10.0 Å². The van der Waals surface area contributed by atoms with Crippen LogP contribution in [0, 0.1) is 0 Å². The van der Waals surface area contributed by atoms with Gasteiger partial charge in [-0.2, -0.15) is 0 Å². The summed E-state index contributed by atoms with van der Waals surface area (Å²) in [5.41, 5.74) is 2.07. The van der Waals surface area contributed by atoms with Gasteiger partial charge in [-0.3, -0.25) is 9.59 Å². The standard InChI is InChI=1S/C23H17BrClNO3/c1-29-21-11-7-15(13-19(21)24)8-12-22(27)26-20-10-9-17(25)14-18(20)23(28)16-5-3-2-4-6-16/h2-14H,1H3,(H,26,27). The summed E-state index contributed by atoms with van der Waals surface area (Å²) in [4.78, 5) is 25.2. The first-order valence-electron chi connectivity index (χ1n) is 8.70. The van der Waals surface area contributed by atoms with Gasteiger partial charge in [0.25, 0.3) is 0 Å². The SMILES string of the molecule is COc1ccc(C=CC(=O)Nc2ccc(Cl)cc2C(=O)c2ccccc2)cc1Br. The van der Waals surface area contributed by atoms with Gasteiger partial charge in [0.05, 0.1) is 17.3 Å². The Morgan fingerprint density at radius 2 is 1.79 bits per heavy atom. The van der Waals surface area contributed by atoms with Gasteiger partial charge < -0.3 is 10.1 Å². The molecule has 0 atom stereocenters. The highest BCUT2D eigenvalue weighted by atomic mass is 79.9. The maximum Gasteiger partial charge on any atom is 0.248 e. The third-order valence-corrected chi connectivity index (χ3v) is 4.98. The summed E-state index contributed by atoms with van der Waals surface area (Å²) in [6.45, 7) is 0. The van der Waals surface area contributed by atoms with Crippen molar-refractivity contribution in [2.75, 3.05) is 12.4 Å². The van der Waals surface area contributed by atoms with E-state index in [4.69, 9.17) is 16.3 Å². The minimum Gasteiger partial charge on any atom is -0.496 e. The van der Waals surface area contributed by atoms with Crippen LogP contribution >= 0.6 is 27.5 Å². The number of halogens is 2. The Kier molecular flexibility index (Phi) is 6.86. The predicted molar refractivity (Wildman–Crippen MR) is 120 cm³/mol. The fourth-order valence-electron chi connectivity index (χ4n) is 2.69. The van der Waals surface area contributed by atoms with Crippen LogP contribution in [-0.2, 0) is 4.79 Å². The molecular formula is C23H17BrClNO3. The van der Waals surface area contributed by atoms with Crippen molar-refractivity contribution >= 4 is 51.0 Å². The van der Waals surface area contributed by atoms with Crippen LogP contribution in [0.3, 0.4) is 0 Å². The van der Waals surface area contributed by atoms with E-state index < -0.39 is 0 Å². The molecule has 0 bridgehead atoms. The molecular weight excluding hydrogens is 454 g/mol. The Labute approximate surface area is 182 Å². The molecule has 146 valence electrons. The number of nitrogens with one attached hydrogen (secondary N) is 1. The fraction of sp³-hybridized carbons (Fsp3) is 0.0435. The number of anilines is 1. The lowest BCUT2D eigenvalue weighted by Gasteiger charge is -2.10. The summed E-state index contributed by atoms with van der Waals surface area (Å²) >= 11 is 9.49. The van der Waals surface area contributed by atoms with E-state index in [-0.39, 0.29) is 11.7 Å². The monoisotopic (exact) mass is 469 g/mol. The Morgan fingerprint density at radius 1 is 1.03 bits per heavy atom. The smallest absolute Gasteiger partial charge is 0.248 e. The average Bonchev–Trinajstić information content (AvgIpc) is 2.73. The largest absolute Gasteiger partial charge is 0.496 e. The molecule has 6 heteroatoms. The van der Waals surface area contributed by atoms with Gasteiger partial charge in [0, 0.05) is 22.2 Å². The van der Waals surface area contributed by atoms with E-state index >= 15 is 0 Å². The Hall–Kier alpha value is -2.89. The fourth-order valence-corrected chi connectivity index (χ4v) is 3.42. The van der Waals surface area contributed by atoms with Crippen LogP contribution in [0.4, 0.5) is 5.69 Å². The van der Waals surface area contributed by atoms with Crippen LogP contribution in [0.15, 0.2) is 77.3 Å². The van der Waals surface area contributed by atoms with E-state index in [9.17, 15) is 9.59 Å². The predicted octanol–water partition coefficient (Wildman–Crippen LogP) is 5.99. The summed E-state index contributed by atoms with van der Waals surface area (Å²) in [6.07, 6.45) is 3.08. The Balaban J connectivity index is 1.80. The number of ketones is 1. The number of methoxy groups -OCH3 is 1. The van der Waals surface area contributed by atoms with Gasteiger partial charge in [0.1, 0.15) is 5.75 Å². The molecule has 3 aromatic carbocycles. The molecule has 29 heavy (non-hydrogen) atoms. The molecule has 0 unspecified atom stereocenters. The van der Waals surface area contributed by atoms with Crippen molar-refractivity contribution in [3.63, 3.8) is 0 Å². The van der Waals surface area contributed by atoms with Gasteiger partial charge in [-0.1, -0.05) is 48.0 Å². The van der Waals surface area contributed by atoms with Crippen LogP contribution in [-0.4, -0.2) is 18.8 Å². The lowest BCUT2D eigenvalue weighted by Crippen LogP contribution is -2.12. The molecule has 0 saturated heterocycles. The molecule has 0 saturated carbocycles. The molecule has 1 amide bonds. The van der Waals surface area contributed by atoms with Crippen molar-refractivity contribution in [3.8, 4) is 5.75 Å². The Morgan fingerprint density at radius 3 is 2.48 bits per heavy atom. The number of amides is 1. The van der Waals surface area contributed by atoms with Crippen molar-refractivity contribution in [1.29, 1.82) is 0 Å². The number of benzene rings is 3. The van der Waals surface area contributed by atoms with Crippen LogP contribution in [0.2, 0.25) is 5.02 Å². The van der Waals surface area contributed by atoms with Crippen molar-refractivity contribution in [1.82, 2.24) is 0 Å². The van der Waals surface area contributed by atoms with Crippen molar-refractivity contribution in [2.24, 2.45) is 0 Å². The second-order valence-electron chi connectivity index (χ2n) is 6.10. The van der Waals surface area contributed by atoms with Gasteiger partial charge in [0.2, 0.25) is 5.91 Å². The zero-order valence-corrected chi connectivity index (χ0v) is 17.8. The lowest BCUT2D eigenvalue weighted by molar-refractivity contribution is -0.111. The van der Waals surface area contributed by atoms with Gasteiger partial charge in [-0.05, 0) is 57.9 Å². The van der Waals surface area contributed by atoms with E-state index in [1.807, 2.05) is 18.2 Å². The second-order valence-corrected chi connectivity index (χ2v) is 7.39. The van der Waals surface area contributed by atoms with Gasteiger partial charge in [0.15, 0.2) is 5.78 Å². The van der Waals surface area contributed by atoms with Crippen LogP contribution < -0.4 is 10.1 Å². The number of rotatable bonds is 6. The number of carbonyl (C=O) groups is 2. The molecule has 4 nitrogen and oxygen atoms in total. The molecule has 0 aliphatic heterocycles. The van der Waals surface area contributed by atoms with Gasteiger partial charge in [-0.25, -0.2) is 0 Å². The topological polar surface area (TPSA) is 55.4 Å². The van der Waals surface area contributed by atoms with Gasteiger partial charge >= 0.3 is 0 Å². The summed E-state index contributed by atoms with van der Waals surface area (Å²) < 4.78 is 5.98. The van der Waals surface area contributed by atoms with E-state index in [2.05, 4.69) is 21.2 Å². The first kappa shape index (κ1) is 20.8. The first-order chi connectivity index (χ1) is 14.0. The number of hydrogen-bond donors (Lipinski definition) is 1. The summed E-state index contributed by atoms with van der Waals surface area (Å²) in [5.74, 6) is 0.129. The highest BCUT2D eigenvalue weighted by Crippen LogP contribution is 2.26. The maximum atomic E-state index is 12.8. The van der Waals surface area contributed by atoms with Crippen LogP contribution in [0.5, 0.6) is 5.75 Å². The third kappa shape index (κ3) is 5.34. The minimum absolute atomic E-state index is 0.216. The molecule has 0 spiro atoms. The normalized spacial score (nSPS) is 10.7.